The standard InChI is InChI=1S/C28H29NO3S2/c1-31-25-16-19-13-14-29-24(23(19)18-26(25)32-2)15-20(17-27(29)30)28(33-21-9-5-3-6-10-21)34-22-11-7-4-8-12-22/h3-12,16,18,20,24,28H,13-15,17H2,1-2H3/t20-,24+/m0/s1. The normalized spacial score (nSPS) is 19.5. The van der Waals surface area contributed by atoms with Crippen LogP contribution in [0.3, 0.4) is 0 Å². The molecule has 2 aliphatic rings. The van der Waals surface area contributed by atoms with E-state index in [1.807, 2.05) is 35.7 Å². The van der Waals surface area contributed by atoms with Crippen LogP contribution in [0.5, 0.6) is 11.5 Å². The van der Waals surface area contributed by atoms with Gasteiger partial charge in [0.05, 0.1) is 24.8 Å². The minimum atomic E-state index is 0.0741. The van der Waals surface area contributed by atoms with Crippen molar-refractivity contribution >= 4 is 29.4 Å². The third-order valence-corrected chi connectivity index (χ3v) is 9.56. The molecule has 0 N–H and O–H groups in total. The molecule has 4 nitrogen and oxygen atoms in total. The van der Waals surface area contributed by atoms with Crippen LogP contribution in [0.4, 0.5) is 0 Å². The number of piperidine rings is 1. The van der Waals surface area contributed by atoms with E-state index in [0.717, 1.165) is 30.9 Å². The first-order valence-corrected chi connectivity index (χ1v) is 13.4. The van der Waals surface area contributed by atoms with Crippen molar-refractivity contribution in [2.75, 3.05) is 20.8 Å². The Balaban J connectivity index is 1.47. The summed E-state index contributed by atoms with van der Waals surface area (Å²) < 4.78 is 11.4. The van der Waals surface area contributed by atoms with Gasteiger partial charge in [-0.3, -0.25) is 4.79 Å². The van der Waals surface area contributed by atoms with E-state index in [9.17, 15) is 4.79 Å². The number of methoxy groups -OCH3 is 2. The van der Waals surface area contributed by atoms with Gasteiger partial charge in [0.2, 0.25) is 5.91 Å². The number of hydrogen-bond acceptors (Lipinski definition) is 5. The minimum Gasteiger partial charge on any atom is -0.493 e. The van der Waals surface area contributed by atoms with Gasteiger partial charge in [-0.05, 0) is 66.3 Å². The molecule has 2 atom stereocenters. The lowest BCUT2D eigenvalue weighted by molar-refractivity contribution is -0.139. The van der Waals surface area contributed by atoms with Gasteiger partial charge in [0.1, 0.15) is 0 Å². The van der Waals surface area contributed by atoms with E-state index in [-0.39, 0.29) is 22.4 Å². The Hall–Kier alpha value is -2.57. The van der Waals surface area contributed by atoms with E-state index in [1.165, 1.54) is 20.9 Å². The van der Waals surface area contributed by atoms with Crippen molar-refractivity contribution in [2.24, 2.45) is 5.92 Å². The van der Waals surface area contributed by atoms with Crippen molar-refractivity contribution in [2.45, 2.75) is 39.7 Å². The van der Waals surface area contributed by atoms with E-state index >= 15 is 0 Å². The zero-order valence-electron chi connectivity index (χ0n) is 19.5. The van der Waals surface area contributed by atoms with E-state index in [2.05, 4.69) is 65.6 Å². The highest BCUT2D eigenvalue weighted by Crippen LogP contribution is 2.49. The number of benzene rings is 3. The van der Waals surface area contributed by atoms with E-state index in [0.29, 0.717) is 6.42 Å². The topological polar surface area (TPSA) is 38.8 Å². The smallest absolute Gasteiger partial charge is 0.223 e. The first kappa shape index (κ1) is 23.2. The number of carbonyl (C=O) groups is 1. The molecule has 34 heavy (non-hydrogen) atoms. The largest absolute Gasteiger partial charge is 0.493 e. The third-order valence-electron chi connectivity index (χ3n) is 6.66. The average molecular weight is 492 g/mol. The molecule has 0 aliphatic carbocycles. The Morgan fingerprint density at radius 2 is 1.47 bits per heavy atom. The van der Waals surface area contributed by atoms with Gasteiger partial charge in [-0.2, -0.15) is 0 Å². The molecule has 2 heterocycles. The van der Waals surface area contributed by atoms with Gasteiger partial charge in [0.15, 0.2) is 11.5 Å². The van der Waals surface area contributed by atoms with Crippen molar-refractivity contribution in [3.8, 4) is 11.5 Å². The molecule has 2 aliphatic heterocycles. The quantitative estimate of drug-likeness (QED) is 0.280. The van der Waals surface area contributed by atoms with Crippen LogP contribution in [-0.2, 0) is 11.2 Å². The monoisotopic (exact) mass is 491 g/mol. The van der Waals surface area contributed by atoms with Gasteiger partial charge < -0.3 is 14.4 Å². The number of amides is 1. The molecule has 0 bridgehead atoms. The lowest BCUT2D eigenvalue weighted by Gasteiger charge is -2.45. The molecular formula is C28H29NO3S2. The van der Waals surface area contributed by atoms with Gasteiger partial charge >= 0.3 is 0 Å². The molecule has 0 spiro atoms. The summed E-state index contributed by atoms with van der Waals surface area (Å²) in [6, 6.07) is 25.3. The van der Waals surface area contributed by atoms with Crippen LogP contribution in [0.1, 0.15) is 30.0 Å². The van der Waals surface area contributed by atoms with Gasteiger partial charge in [-0.25, -0.2) is 0 Å². The fourth-order valence-corrected chi connectivity index (χ4v) is 7.81. The second kappa shape index (κ2) is 10.4. The van der Waals surface area contributed by atoms with E-state index < -0.39 is 0 Å². The number of nitrogens with zero attached hydrogens (tertiary/aromatic N) is 1. The van der Waals surface area contributed by atoms with Gasteiger partial charge in [0, 0.05) is 22.8 Å². The Labute approximate surface area is 210 Å². The summed E-state index contributed by atoms with van der Waals surface area (Å²) in [4.78, 5) is 17.9. The summed E-state index contributed by atoms with van der Waals surface area (Å²) in [6.07, 6.45) is 2.38. The molecular weight excluding hydrogens is 462 g/mol. The number of hydrogen-bond donors (Lipinski definition) is 0. The molecule has 3 aromatic carbocycles. The van der Waals surface area contributed by atoms with Crippen LogP contribution in [0.25, 0.3) is 0 Å². The first-order chi connectivity index (χ1) is 16.7. The molecule has 1 amide bonds. The van der Waals surface area contributed by atoms with Crippen LogP contribution in [-0.4, -0.2) is 36.2 Å². The molecule has 0 unspecified atom stereocenters. The maximum absolute atomic E-state index is 13.4. The van der Waals surface area contributed by atoms with Crippen LogP contribution in [0.2, 0.25) is 0 Å². The molecule has 176 valence electrons. The fraction of sp³-hybridized carbons (Fsp3) is 0.321. The summed E-state index contributed by atoms with van der Waals surface area (Å²) in [7, 11) is 3.34. The van der Waals surface area contributed by atoms with Crippen LogP contribution in [0, 0.1) is 5.92 Å². The second-order valence-electron chi connectivity index (χ2n) is 8.69. The predicted octanol–water partition coefficient (Wildman–Crippen LogP) is 6.45. The highest BCUT2D eigenvalue weighted by Gasteiger charge is 2.41. The van der Waals surface area contributed by atoms with Crippen molar-refractivity contribution in [1.29, 1.82) is 0 Å². The summed E-state index contributed by atoms with van der Waals surface area (Å²) in [5.74, 6) is 1.99. The molecule has 6 heteroatoms. The second-order valence-corrected chi connectivity index (χ2v) is 11.4. The predicted molar refractivity (Wildman–Crippen MR) is 139 cm³/mol. The SMILES string of the molecule is COc1cc2c(cc1OC)[C@H]1C[C@H](C(Sc3ccccc3)Sc3ccccc3)CC(=O)N1CC2. The Morgan fingerprint density at radius 3 is 2.06 bits per heavy atom. The number of thioether (sulfide) groups is 2. The average Bonchev–Trinajstić information content (AvgIpc) is 2.88. The highest BCUT2D eigenvalue weighted by molar-refractivity contribution is 8.17. The van der Waals surface area contributed by atoms with E-state index in [4.69, 9.17) is 9.47 Å². The van der Waals surface area contributed by atoms with Crippen molar-refractivity contribution < 1.29 is 14.3 Å². The fourth-order valence-electron chi connectivity index (χ4n) is 4.98. The number of ether oxygens (including phenoxy) is 2. The minimum absolute atomic E-state index is 0.0741. The molecule has 0 saturated carbocycles. The summed E-state index contributed by atoms with van der Waals surface area (Å²) in [5, 5.41) is 0. The maximum Gasteiger partial charge on any atom is 0.223 e. The molecule has 1 saturated heterocycles. The first-order valence-electron chi connectivity index (χ1n) is 11.6. The summed E-state index contributed by atoms with van der Waals surface area (Å²) >= 11 is 3.75. The van der Waals surface area contributed by atoms with Gasteiger partial charge in [-0.15, -0.1) is 23.5 Å². The summed E-state index contributed by atoms with van der Waals surface area (Å²) in [5.41, 5.74) is 2.46. The van der Waals surface area contributed by atoms with Crippen molar-refractivity contribution in [3.05, 3.63) is 83.9 Å². The Kier molecular flexibility index (Phi) is 7.07. The Morgan fingerprint density at radius 1 is 0.882 bits per heavy atom. The Bertz CT molecular complexity index is 1100. The lowest BCUT2D eigenvalue weighted by atomic mass is 9.82. The zero-order chi connectivity index (χ0) is 23.5. The van der Waals surface area contributed by atoms with Crippen LogP contribution in [0.15, 0.2) is 82.6 Å². The molecule has 5 rings (SSSR count). The van der Waals surface area contributed by atoms with Gasteiger partial charge in [0.25, 0.3) is 0 Å². The summed E-state index contributed by atoms with van der Waals surface area (Å²) in [6.45, 7) is 0.765. The van der Waals surface area contributed by atoms with Crippen LogP contribution < -0.4 is 9.47 Å². The van der Waals surface area contributed by atoms with Crippen LogP contribution >= 0.6 is 23.5 Å². The maximum atomic E-state index is 13.4. The molecule has 3 aromatic rings. The van der Waals surface area contributed by atoms with Gasteiger partial charge in [-0.1, -0.05) is 36.4 Å². The van der Waals surface area contributed by atoms with Crippen molar-refractivity contribution in [1.82, 2.24) is 4.90 Å². The highest BCUT2D eigenvalue weighted by atomic mass is 32.2. The molecule has 0 aromatic heterocycles. The number of fused-ring (bicyclic) bond motifs is 3. The van der Waals surface area contributed by atoms with Crippen molar-refractivity contribution in [3.63, 3.8) is 0 Å². The third kappa shape index (κ3) is 4.80. The number of carbonyl (C=O) groups excluding carboxylic acids is 1. The molecule has 0 radical (unpaired) electrons. The zero-order valence-corrected chi connectivity index (χ0v) is 21.1. The molecule has 1 fully saturated rings. The van der Waals surface area contributed by atoms with E-state index in [1.54, 1.807) is 14.2 Å². The lowest BCUT2D eigenvalue weighted by Crippen LogP contribution is -2.46. The number of rotatable bonds is 7.